The lowest BCUT2D eigenvalue weighted by Crippen LogP contribution is -2.23. The molecule has 0 saturated carbocycles. The number of aromatic nitrogens is 2. The van der Waals surface area contributed by atoms with E-state index in [4.69, 9.17) is 9.47 Å². The largest absolute Gasteiger partial charge is 0.486 e. The van der Waals surface area contributed by atoms with Crippen LogP contribution in [0.2, 0.25) is 0 Å². The number of oxime groups is 1. The number of rotatable bonds is 12. The summed E-state index contributed by atoms with van der Waals surface area (Å²) in [5.74, 6) is -0.934. The molecule has 2 N–H and O–H groups in total. The van der Waals surface area contributed by atoms with E-state index in [9.17, 15) is 15.1 Å². The lowest BCUT2D eigenvalue weighted by molar-refractivity contribution is -0.129. The molecular formula is C35H27N3O5S2. The first-order valence-electron chi connectivity index (χ1n) is 14.0. The number of ether oxygens (including phenoxy) is 2. The Kier molecular flexibility index (Phi) is 9.24. The van der Waals surface area contributed by atoms with Crippen molar-refractivity contribution in [1.82, 2.24) is 9.97 Å². The Morgan fingerprint density at radius 1 is 0.667 bits per heavy atom. The quantitative estimate of drug-likeness (QED) is 0.0794. The standard InChI is InChI=1S/C35H27N3O5S2/c39-35(40)34(38-41)33(25-11-15-27(16-12-25)42-19-31-36-29(21-44-31)23-7-3-1-4-8-23)26-13-17-28(18-14-26)43-20-32-37-30(22-45-32)24-9-5-2-6-10-24/h1-18,21-22,33,41H,19-20H2,(H,39,40)/b38-34-. The fraction of sp³-hybridized carbons (Fsp3) is 0.0857. The number of carboxylic acid groups (broad SMARTS) is 1. The third-order valence-electron chi connectivity index (χ3n) is 6.99. The second-order valence-corrected chi connectivity index (χ2v) is 11.8. The van der Waals surface area contributed by atoms with Crippen molar-refractivity contribution in [2.45, 2.75) is 19.1 Å². The van der Waals surface area contributed by atoms with Crippen molar-refractivity contribution in [3.05, 3.63) is 141 Å². The summed E-state index contributed by atoms with van der Waals surface area (Å²) in [7, 11) is 0. The van der Waals surface area contributed by atoms with Crippen molar-refractivity contribution in [2.75, 3.05) is 0 Å². The molecule has 0 fully saturated rings. The van der Waals surface area contributed by atoms with E-state index in [2.05, 4.69) is 15.1 Å². The van der Waals surface area contributed by atoms with Crippen molar-refractivity contribution < 1.29 is 24.6 Å². The smallest absolute Gasteiger partial charge is 0.354 e. The number of carboxylic acids is 1. The van der Waals surface area contributed by atoms with Crippen LogP contribution in [-0.4, -0.2) is 32.0 Å². The van der Waals surface area contributed by atoms with Crippen LogP contribution in [-0.2, 0) is 18.0 Å². The van der Waals surface area contributed by atoms with Crippen LogP contribution in [0, 0.1) is 0 Å². The van der Waals surface area contributed by atoms with Crippen LogP contribution in [0.25, 0.3) is 22.5 Å². The summed E-state index contributed by atoms with van der Waals surface area (Å²) in [6.45, 7) is 0.601. The fourth-order valence-corrected chi connectivity index (χ4v) is 6.20. The Hall–Kier alpha value is -5.32. The van der Waals surface area contributed by atoms with Crippen LogP contribution in [0.1, 0.15) is 27.1 Å². The molecule has 6 rings (SSSR count). The molecule has 0 saturated heterocycles. The molecule has 224 valence electrons. The number of carbonyl (C=O) groups is 1. The number of thiazole rings is 2. The monoisotopic (exact) mass is 633 g/mol. The maximum absolute atomic E-state index is 12.0. The van der Waals surface area contributed by atoms with Gasteiger partial charge >= 0.3 is 5.97 Å². The predicted molar refractivity (Wildman–Crippen MR) is 175 cm³/mol. The Morgan fingerprint density at radius 3 is 1.47 bits per heavy atom. The number of hydrogen-bond acceptors (Lipinski definition) is 9. The highest BCUT2D eigenvalue weighted by atomic mass is 32.1. The van der Waals surface area contributed by atoms with Gasteiger partial charge in [0.05, 0.1) is 17.3 Å². The Balaban J connectivity index is 1.12. The first-order valence-corrected chi connectivity index (χ1v) is 15.7. The Bertz CT molecular complexity index is 1760. The van der Waals surface area contributed by atoms with Gasteiger partial charge in [0, 0.05) is 21.9 Å². The number of aliphatic carboxylic acids is 1. The van der Waals surface area contributed by atoms with Crippen LogP contribution in [0.15, 0.2) is 125 Å². The first kappa shape index (κ1) is 29.7. The average molecular weight is 634 g/mol. The van der Waals surface area contributed by atoms with Gasteiger partial charge in [-0.05, 0) is 35.4 Å². The van der Waals surface area contributed by atoms with E-state index in [1.807, 2.05) is 71.4 Å². The molecule has 4 aromatic carbocycles. The van der Waals surface area contributed by atoms with E-state index < -0.39 is 17.6 Å². The lowest BCUT2D eigenvalue weighted by Gasteiger charge is -2.18. The second-order valence-electron chi connectivity index (χ2n) is 9.92. The molecule has 0 aliphatic heterocycles. The van der Waals surface area contributed by atoms with Gasteiger partial charge in [-0.25, -0.2) is 14.8 Å². The summed E-state index contributed by atoms with van der Waals surface area (Å²) in [4.78, 5) is 21.3. The van der Waals surface area contributed by atoms with Crippen LogP contribution in [0.3, 0.4) is 0 Å². The van der Waals surface area contributed by atoms with Crippen LogP contribution >= 0.6 is 22.7 Å². The highest BCUT2D eigenvalue weighted by molar-refractivity contribution is 7.10. The number of hydrogen-bond donors (Lipinski definition) is 2. The third-order valence-corrected chi connectivity index (χ3v) is 8.64. The summed E-state index contributed by atoms with van der Waals surface area (Å²) in [5, 5.41) is 28.3. The van der Waals surface area contributed by atoms with E-state index in [1.165, 1.54) is 22.7 Å². The summed E-state index contributed by atoms with van der Waals surface area (Å²) in [5.41, 5.74) is 4.76. The zero-order valence-electron chi connectivity index (χ0n) is 23.8. The first-order chi connectivity index (χ1) is 22.1. The molecule has 2 aromatic heterocycles. The van der Waals surface area contributed by atoms with Crippen molar-refractivity contribution in [3.63, 3.8) is 0 Å². The topological polar surface area (TPSA) is 114 Å². The van der Waals surface area contributed by atoms with Crippen LogP contribution in [0.4, 0.5) is 0 Å². The number of benzene rings is 4. The van der Waals surface area contributed by atoms with Gasteiger partial charge in [0.15, 0.2) is 5.71 Å². The SMILES string of the molecule is O=C(O)/C(=N\O)C(c1ccc(OCc2nc(-c3ccccc3)cs2)cc1)c1ccc(OCc2nc(-c3ccccc3)cs2)cc1. The molecule has 0 bridgehead atoms. The summed E-state index contributed by atoms with van der Waals surface area (Å²) in [6, 6.07) is 34.0. The predicted octanol–water partition coefficient (Wildman–Crippen LogP) is 8.14. The fourth-order valence-electron chi connectivity index (χ4n) is 4.77. The minimum Gasteiger partial charge on any atom is -0.486 e. The molecule has 2 heterocycles. The zero-order chi connectivity index (χ0) is 31.0. The van der Waals surface area contributed by atoms with Gasteiger partial charge in [-0.2, -0.15) is 0 Å². The summed E-state index contributed by atoms with van der Waals surface area (Å²) >= 11 is 3.05. The maximum atomic E-state index is 12.0. The van der Waals surface area contributed by atoms with E-state index in [0.29, 0.717) is 35.8 Å². The summed E-state index contributed by atoms with van der Waals surface area (Å²) in [6.07, 6.45) is 0. The number of nitrogens with zero attached hydrogens (tertiary/aromatic N) is 3. The minimum absolute atomic E-state index is 0.300. The highest BCUT2D eigenvalue weighted by Crippen LogP contribution is 2.31. The molecule has 0 aliphatic carbocycles. The van der Waals surface area contributed by atoms with Crippen molar-refractivity contribution in [1.29, 1.82) is 0 Å². The zero-order valence-corrected chi connectivity index (χ0v) is 25.4. The molecule has 0 radical (unpaired) electrons. The van der Waals surface area contributed by atoms with E-state index in [-0.39, 0.29) is 0 Å². The van der Waals surface area contributed by atoms with Crippen molar-refractivity contribution in [3.8, 4) is 34.0 Å². The normalized spacial score (nSPS) is 11.4. The van der Waals surface area contributed by atoms with Gasteiger partial charge in [0.2, 0.25) is 0 Å². The van der Waals surface area contributed by atoms with Gasteiger partial charge < -0.3 is 19.8 Å². The molecule has 0 aliphatic rings. The van der Waals surface area contributed by atoms with Gasteiger partial charge in [-0.15, -0.1) is 22.7 Å². The van der Waals surface area contributed by atoms with Gasteiger partial charge in [-0.1, -0.05) is 90.1 Å². The molecule has 8 nitrogen and oxygen atoms in total. The molecule has 0 unspecified atom stereocenters. The van der Waals surface area contributed by atoms with Gasteiger partial charge in [-0.3, -0.25) is 0 Å². The Morgan fingerprint density at radius 2 is 1.09 bits per heavy atom. The van der Waals surface area contributed by atoms with Crippen molar-refractivity contribution >= 4 is 34.4 Å². The molecular weight excluding hydrogens is 607 g/mol. The van der Waals surface area contributed by atoms with Gasteiger partial charge in [0.1, 0.15) is 34.7 Å². The summed E-state index contributed by atoms with van der Waals surface area (Å²) < 4.78 is 11.9. The molecule has 10 heteroatoms. The highest BCUT2D eigenvalue weighted by Gasteiger charge is 2.27. The second kappa shape index (κ2) is 14.0. The van der Waals surface area contributed by atoms with Crippen molar-refractivity contribution in [2.24, 2.45) is 5.16 Å². The Labute approximate surface area is 267 Å². The molecule has 6 aromatic rings. The minimum atomic E-state index is -1.32. The molecule has 45 heavy (non-hydrogen) atoms. The van der Waals surface area contributed by atoms with E-state index in [1.54, 1.807) is 48.5 Å². The van der Waals surface area contributed by atoms with E-state index >= 15 is 0 Å². The van der Waals surface area contributed by atoms with Crippen LogP contribution < -0.4 is 9.47 Å². The van der Waals surface area contributed by atoms with E-state index in [0.717, 1.165) is 32.5 Å². The molecule has 0 amide bonds. The molecule has 0 atom stereocenters. The maximum Gasteiger partial charge on any atom is 0.354 e. The third kappa shape index (κ3) is 7.26. The van der Waals surface area contributed by atoms with Gasteiger partial charge in [0.25, 0.3) is 0 Å². The van der Waals surface area contributed by atoms with Crippen LogP contribution in [0.5, 0.6) is 11.5 Å². The molecule has 0 spiro atoms. The average Bonchev–Trinajstić information content (AvgIpc) is 3.77. The lowest BCUT2D eigenvalue weighted by atomic mass is 9.87.